The first-order valence-electron chi connectivity index (χ1n) is 8.86. The van der Waals surface area contributed by atoms with Crippen molar-refractivity contribution in [2.75, 3.05) is 25.1 Å². The van der Waals surface area contributed by atoms with Crippen LogP contribution in [0.2, 0.25) is 0 Å². The van der Waals surface area contributed by atoms with E-state index in [2.05, 4.69) is 5.11 Å². The Morgan fingerprint density at radius 3 is 2.37 bits per heavy atom. The molecular weight excluding hydrogens is 344 g/mol. The van der Waals surface area contributed by atoms with E-state index in [0.717, 1.165) is 22.6 Å². The van der Waals surface area contributed by atoms with E-state index in [9.17, 15) is 9.59 Å². The first-order valence-corrected chi connectivity index (χ1v) is 8.86. The first-order chi connectivity index (χ1) is 13.1. The molecule has 0 radical (unpaired) electrons. The standard InChI is InChI=1S/C20H21N4O3/c1-14-3-5-15(6-4-14)13-24-19(26)18(25)23-12-11-22(20(23)21-24)16-7-9-17(27-2)10-8-16/h3-10,20H,11-13H2,1-2H3/q+1. The van der Waals surface area contributed by atoms with Gasteiger partial charge in [0, 0.05) is 29.5 Å². The summed E-state index contributed by atoms with van der Waals surface area (Å²) in [7, 11) is 1.62. The number of carbonyl (C=O) groups is 2. The van der Waals surface area contributed by atoms with Gasteiger partial charge in [-0.05, 0) is 35.9 Å². The summed E-state index contributed by atoms with van der Waals surface area (Å²) >= 11 is 0. The highest BCUT2D eigenvalue weighted by molar-refractivity contribution is 6.31. The lowest BCUT2D eigenvalue weighted by Crippen LogP contribution is -2.51. The number of ether oxygens (including phenoxy) is 1. The van der Waals surface area contributed by atoms with Crippen LogP contribution in [0.25, 0.3) is 0 Å². The Morgan fingerprint density at radius 1 is 1.04 bits per heavy atom. The number of azo groups is 2. The van der Waals surface area contributed by atoms with Crippen LogP contribution in [0.4, 0.5) is 5.69 Å². The van der Waals surface area contributed by atoms with E-state index in [1.165, 1.54) is 9.60 Å². The number of nitrogens with zero attached hydrogens (tertiary/aromatic N) is 4. The maximum Gasteiger partial charge on any atom is 0.502 e. The second-order valence-electron chi connectivity index (χ2n) is 6.70. The minimum absolute atomic E-state index is 0.283. The molecule has 4 rings (SSSR count). The number of methoxy groups -OCH3 is 1. The molecule has 2 aromatic carbocycles. The van der Waals surface area contributed by atoms with E-state index in [-0.39, 0.29) is 6.54 Å². The highest BCUT2D eigenvalue weighted by atomic mass is 16.5. The minimum Gasteiger partial charge on any atom is -0.497 e. The zero-order valence-electron chi connectivity index (χ0n) is 15.3. The van der Waals surface area contributed by atoms with Gasteiger partial charge in [0.15, 0.2) is 0 Å². The third-order valence-electron chi connectivity index (χ3n) is 4.92. The maximum absolute atomic E-state index is 12.6. The van der Waals surface area contributed by atoms with Crippen LogP contribution in [0.1, 0.15) is 11.1 Å². The summed E-state index contributed by atoms with van der Waals surface area (Å²) in [4.78, 5) is 28.6. The van der Waals surface area contributed by atoms with Crippen LogP contribution in [0.15, 0.2) is 53.6 Å². The molecule has 2 aliphatic rings. The Bertz CT molecular complexity index is 906. The largest absolute Gasteiger partial charge is 0.502 e. The van der Waals surface area contributed by atoms with Gasteiger partial charge in [-0.25, -0.2) is 4.79 Å². The van der Waals surface area contributed by atoms with E-state index in [0.29, 0.717) is 13.1 Å². The number of fused-ring (bicyclic) bond motifs is 1. The molecule has 7 nitrogen and oxygen atoms in total. The number of amides is 2. The summed E-state index contributed by atoms with van der Waals surface area (Å²) in [5.74, 6) is -0.316. The maximum atomic E-state index is 12.6. The van der Waals surface area contributed by atoms with E-state index in [1.807, 2.05) is 60.4 Å². The van der Waals surface area contributed by atoms with Crippen LogP contribution in [0, 0.1) is 6.92 Å². The smallest absolute Gasteiger partial charge is 0.497 e. The molecule has 0 aromatic heterocycles. The summed E-state index contributed by atoms with van der Waals surface area (Å²) in [6, 6.07) is 15.5. The molecule has 2 amide bonds. The van der Waals surface area contributed by atoms with Gasteiger partial charge in [0.1, 0.15) is 5.75 Å². The highest BCUT2D eigenvalue weighted by Crippen LogP contribution is 2.28. The first kappa shape index (κ1) is 17.2. The molecule has 7 heteroatoms. The van der Waals surface area contributed by atoms with Gasteiger partial charge in [-0.2, -0.15) is 0 Å². The molecule has 0 N–H and O–H groups in total. The van der Waals surface area contributed by atoms with Gasteiger partial charge in [0.2, 0.25) is 6.54 Å². The van der Waals surface area contributed by atoms with Crippen LogP contribution in [0.5, 0.6) is 5.75 Å². The van der Waals surface area contributed by atoms with Crippen LogP contribution in [-0.4, -0.2) is 47.9 Å². The Balaban J connectivity index is 1.63. The molecule has 0 spiro atoms. The van der Waals surface area contributed by atoms with Crippen molar-refractivity contribution in [2.45, 2.75) is 19.8 Å². The van der Waals surface area contributed by atoms with Gasteiger partial charge in [0.05, 0.1) is 7.11 Å². The van der Waals surface area contributed by atoms with Crippen molar-refractivity contribution in [2.24, 2.45) is 5.11 Å². The molecule has 1 atom stereocenters. The fraction of sp³-hybridized carbons (Fsp3) is 0.300. The number of rotatable bonds is 4. The minimum atomic E-state index is -0.580. The Labute approximate surface area is 157 Å². The summed E-state index contributed by atoms with van der Waals surface area (Å²) in [5, 5.41) is 4.58. The third-order valence-corrected chi connectivity index (χ3v) is 4.92. The molecule has 27 heavy (non-hydrogen) atoms. The van der Waals surface area contributed by atoms with Crippen molar-refractivity contribution < 1.29 is 19.0 Å². The summed E-state index contributed by atoms with van der Waals surface area (Å²) in [6.45, 7) is 3.39. The second-order valence-corrected chi connectivity index (χ2v) is 6.70. The molecule has 1 saturated heterocycles. The molecule has 2 heterocycles. The van der Waals surface area contributed by atoms with E-state index in [4.69, 9.17) is 4.74 Å². The van der Waals surface area contributed by atoms with Crippen molar-refractivity contribution in [3.63, 3.8) is 0 Å². The molecule has 0 bridgehead atoms. The van der Waals surface area contributed by atoms with E-state index < -0.39 is 18.1 Å². The van der Waals surface area contributed by atoms with Crippen molar-refractivity contribution in [1.82, 2.24) is 4.90 Å². The van der Waals surface area contributed by atoms with Crippen molar-refractivity contribution in [1.29, 1.82) is 0 Å². The fourth-order valence-corrected chi connectivity index (χ4v) is 3.37. The van der Waals surface area contributed by atoms with Gasteiger partial charge in [0.25, 0.3) is 6.29 Å². The highest BCUT2D eigenvalue weighted by Gasteiger charge is 2.49. The van der Waals surface area contributed by atoms with E-state index in [1.54, 1.807) is 7.11 Å². The Morgan fingerprint density at radius 2 is 1.70 bits per heavy atom. The van der Waals surface area contributed by atoms with E-state index >= 15 is 0 Å². The summed E-state index contributed by atoms with van der Waals surface area (Å²) in [5.41, 5.74) is 3.02. The number of anilines is 1. The predicted molar refractivity (Wildman–Crippen MR) is 98.4 cm³/mol. The number of carbonyl (C=O) groups excluding carboxylic acids is 2. The Kier molecular flexibility index (Phi) is 4.35. The quantitative estimate of drug-likeness (QED) is 0.615. The predicted octanol–water partition coefficient (Wildman–Crippen LogP) is 2.14. The van der Waals surface area contributed by atoms with Crippen molar-refractivity contribution in [3.8, 4) is 5.75 Å². The van der Waals surface area contributed by atoms with Gasteiger partial charge >= 0.3 is 11.8 Å². The fourth-order valence-electron chi connectivity index (χ4n) is 3.37. The summed E-state index contributed by atoms with van der Waals surface area (Å²) < 4.78 is 6.49. The van der Waals surface area contributed by atoms with Gasteiger partial charge in [-0.3, -0.25) is 9.69 Å². The average molecular weight is 365 g/mol. The Hall–Kier alpha value is -3.22. The number of hydrogen-bond acceptors (Lipinski definition) is 5. The van der Waals surface area contributed by atoms with Gasteiger partial charge in [-0.1, -0.05) is 29.8 Å². The van der Waals surface area contributed by atoms with Crippen molar-refractivity contribution in [3.05, 3.63) is 59.7 Å². The second kappa shape index (κ2) is 6.83. The normalized spacial score (nSPS) is 19.2. The molecule has 2 aromatic rings. The van der Waals surface area contributed by atoms with Crippen LogP contribution >= 0.6 is 0 Å². The lowest BCUT2D eigenvalue weighted by atomic mass is 10.1. The van der Waals surface area contributed by atoms with Gasteiger partial charge < -0.3 is 9.64 Å². The zero-order chi connectivity index (χ0) is 19.0. The van der Waals surface area contributed by atoms with Gasteiger partial charge in [-0.15, -0.1) is 0 Å². The molecule has 1 unspecified atom stereocenters. The molecule has 1 fully saturated rings. The van der Waals surface area contributed by atoms with Crippen LogP contribution in [0.3, 0.4) is 0 Å². The van der Waals surface area contributed by atoms with Crippen LogP contribution in [-0.2, 0) is 16.1 Å². The molecule has 138 valence electrons. The van der Waals surface area contributed by atoms with Crippen LogP contribution < -0.4 is 9.64 Å². The monoisotopic (exact) mass is 365 g/mol. The SMILES string of the molecule is COc1ccc(N2CCN3C(=O)C(=O)[N+](Cc4ccc(C)cc4)=NC32)cc1. The molecular formula is C20H21N4O3+. The lowest BCUT2D eigenvalue weighted by Gasteiger charge is -2.27. The topological polar surface area (TPSA) is 65.2 Å². The number of aryl methyl sites for hydroxylation is 1. The van der Waals surface area contributed by atoms with Crippen molar-refractivity contribution >= 4 is 17.5 Å². The number of hydrogen-bond donors (Lipinski definition) is 0. The molecule has 2 aliphatic heterocycles. The third kappa shape index (κ3) is 3.16. The summed E-state index contributed by atoms with van der Waals surface area (Å²) in [6.07, 6.45) is -0.506. The zero-order valence-corrected chi connectivity index (χ0v) is 15.3. The molecule has 0 saturated carbocycles. The number of benzene rings is 2. The lowest BCUT2D eigenvalue weighted by molar-refractivity contribution is -0.534. The molecule has 0 aliphatic carbocycles. The average Bonchev–Trinajstić information content (AvgIpc) is 3.11.